The van der Waals surface area contributed by atoms with Gasteiger partial charge in [-0.2, -0.15) is 0 Å². The molecule has 0 aliphatic rings. The molecule has 2 aromatic heterocycles. The molecule has 0 fully saturated rings. The fourth-order valence-electron chi connectivity index (χ4n) is 1.62. The van der Waals surface area contributed by atoms with Gasteiger partial charge in [0.2, 0.25) is 5.76 Å². The number of aryl methyl sites for hydroxylation is 2. The Hall–Kier alpha value is -2.22. The molecule has 2 heterocycles. The maximum absolute atomic E-state index is 11.8. The van der Waals surface area contributed by atoms with Crippen LogP contribution in [0.4, 0.5) is 5.13 Å². The van der Waals surface area contributed by atoms with Crippen LogP contribution >= 0.6 is 11.3 Å². The number of hydrogen-bond acceptors (Lipinski definition) is 7. The van der Waals surface area contributed by atoms with E-state index in [9.17, 15) is 9.59 Å². The number of anilines is 1. The highest BCUT2D eigenvalue weighted by molar-refractivity contribution is 7.13. The molecular weight excluding hydrogens is 294 g/mol. The van der Waals surface area contributed by atoms with Gasteiger partial charge in [0.25, 0.3) is 5.91 Å². The zero-order valence-corrected chi connectivity index (χ0v) is 12.5. The first-order valence-electron chi connectivity index (χ1n) is 6.34. The van der Waals surface area contributed by atoms with Gasteiger partial charge in [-0.05, 0) is 19.8 Å². The van der Waals surface area contributed by atoms with Crippen LogP contribution in [-0.4, -0.2) is 29.1 Å². The van der Waals surface area contributed by atoms with Gasteiger partial charge in [-0.15, -0.1) is 11.3 Å². The number of nitrogens with one attached hydrogen (secondary N) is 1. The first kappa shape index (κ1) is 15.2. The van der Waals surface area contributed by atoms with Gasteiger partial charge in [0, 0.05) is 17.9 Å². The minimum absolute atomic E-state index is 0.148. The Morgan fingerprint density at radius 3 is 2.95 bits per heavy atom. The fraction of sp³-hybridized carbons (Fsp3) is 0.385. The highest BCUT2D eigenvalue weighted by atomic mass is 32.1. The summed E-state index contributed by atoms with van der Waals surface area (Å²) in [7, 11) is 1.37. The average Bonchev–Trinajstić information content (AvgIpc) is 3.08. The molecule has 1 amide bonds. The summed E-state index contributed by atoms with van der Waals surface area (Å²) in [4.78, 5) is 27.1. The van der Waals surface area contributed by atoms with E-state index < -0.39 is 0 Å². The number of carbonyl (C=O) groups is 2. The molecule has 1 N–H and O–H groups in total. The van der Waals surface area contributed by atoms with Crippen molar-refractivity contribution >= 4 is 28.3 Å². The van der Waals surface area contributed by atoms with Crippen LogP contribution in [0.5, 0.6) is 0 Å². The molecule has 0 unspecified atom stereocenters. The topological polar surface area (TPSA) is 94.3 Å². The number of hydrogen-bond donors (Lipinski definition) is 1. The summed E-state index contributed by atoms with van der Waals surface area (Å²) in [5, 5.41) is 8.63. The van der Waals surface area contributed by atoms with Crippen molar-refractivity contribution in [1.29, 1.82) is 0 Å². The lowest BCUT2D eigenvalue weighted by molar-refractivity contribution is -0.140. The molecule has 8 heteroatoms. The molecule has 0 aromatic carbocycles. The van der Waals surface area contributed by atoms with Crippen LogP contribution in [0.3, 0.4) is 0 Å². The number of nitrogens with zero attached hydrogens (tertiary/aromatic N) is 2. The first-order chi connectivity index (χ1) is 10.1. The predicted octanol–water partition coefficient (Wildman–Crippen LogP) is 2.19. The smallest absolute Gasteiger partial charge is 0.305 e. The van der Waals surface area contributed by atoms with Gasteiger partial charge < -0.3 is 9.26 Å². The van der Waals surface area contributed by atoms with Crippen LogP contribution in [-0.2, 0) is 16.0 Å². The van der Waals surface area contributed by atoms with Crippen molar-refractivity contribution in [3.63, 3.8) is 0 Å². The molecular formula is C13H15N3O4S. The largest absolute Gasteiger partial charge is 0.469 e. The number of aromatic nitrogens is 2. The number of carbonyl (C=O) groups excluding carboxylic acids is 2. The summed E-state index contributed by atoms with van der Waals surface area (Å²) in [6.07, 6.45) is 1.67. The Kier molecular flexibility index (Phi) is 5.04. The van der Waals surface area contributed by atoms with Crippen molar-refractivity contribution in [1.82, 2.24) is 10.1 Å². The van der Waals surface area contributed by atoms with Gasteiger partial charge in [0.1, 0.15) is 0 Å². The van der Waals surface area contributed by atoms with Crippen molar-refractivity contribution in [2.75, 3.05) is 12.4 Å². The molecule has 0 spiro atoms. The first-order valence-corrected chi connectivity index (χ1v) is 7.22. The van der Waals surface area contributed by atoms with Crippen molar-refractivity contribution < 1.29 is 18.8 Å². The number of methoxy groups -OCH3 is 1. The maximum Gasteiger partial charge on any atom is 0.305 e. The molecule has 2 rings (SSSR count). The Labute approximate surface area is 125 Å². The molecule has 0 aliphatic heterocycles. The SMILES string of the molecule is COC(=O)CCCc1csc(NC(=O)c2cc(C)no2)n1. The Morgan fingerprint density at radius 2 is 2.29 bits per heavy atom. The van der Waals surface area contributed by atoms with E-state index >= 15 is 0 Å². The van der Waals surface area contributed by atoms with E-state index in [0.29, 0.717) is 30.1 Å². The van der Waals surface area contributed by atoms with Crippen LogP contribution in [0.1, 0.15) is 34.8 Å². The number of ether oxygens (including phenoxy) is 1. The normalized spacial score (nSPS) is 10.4. The summed E-state index contributed by atoms with van der Waals surface area (Å²) < 4.78 is 9.44. The van der Waals surface area contributed by atoms with E-state index in [1.807, 2.05) is 5.38 Å². The summed E-state index contributed by atoms with van der Waals surface area (Å²) in [5.41, 5.74) is 1.47. The summed E-state index contributed by atoms with van der Waals surface area (Å²) in [6, 6.07) is 1.56. The summed E-state index contributed by atoms with van der Waals surface area (Å²) in [6.45, 7) is 1.74. The number of rotatable bonds is 6. The van der Waals surface area contributed by atoms with Gasteiger partial charge in [-0.3, -0.25) is 14.9 Å². The number of esters is 1. The van der Waals surface area contributed by atoms with E-state index in [4.69, 9.17) is 4.52 Å². The van der Waals surface area contributed by atoms with Gasteiger partial charge >= 0.3 is 5.97 Å². The van der Waals surface area contributed by atoms with E-state index in [1.54, 1.807) is 13.0 Å². The standard InChI is InChI=1S/C13H15N3O4S/c1-8-6-10(20-16-8)12(18)15-13-14-9(7-21-13)4-3-5-11(17)19-2/h6-7H,3-5H2,1-2H3,(H,14,15,18). The minimum Gasteiger partial charge on any atom is -0.469 e. The second kappa shape index (κ2) is 6.98. The van der Waals surface area contributed by atoms with Crippen molar-refractivity contribution in [2.45, 2.75) is 26.2 Å². The van der Waals surface area contributed by atoms with E-state index in [2.05, 4.69) is 20.2 Å². The molecule has 112 valence electrons. The molecule has 7 nitrogen and oxygen atoms in total. The number of amides is 1. The average molecular weight is 309 g/mol. The Bertz CT molecular complexity index is 635. The third-order valence-electron chi connectivity index (χ3n) is 2.67. The Balaban J connectivity index is 1.85. The lowest BCUT2D eigenvalue weighted by atomic mass is 10.2. The minimum atomic E-state index is -0.383. The van der Waals surface area contributed by atoms with Crippen LogP contribution in [0.25, 0.3) is 0 Å². The summed E-state index contributed by atoms with van der Waals surface area (Å²) >= 11 is 1.32. The molecule has 0 aliphatic carbocycles. The fourth-order valence-corrected chi connectivity index (χ4v) is 2.36. The molecule has 0 saturated heterocycles. The third-order valence-corrected chi connectivity index (χ3v) is 3.47. The van der Waals surface area contributed by atoms with E-state index in [0.717, 1.165) is 5.69 Å². The van der Waals surface area contributed by atoms with Gasteiger partial charge in [0.05, 0.1) is 18.5 Å². The van der Waals surface area contributed by atoms with E-state index in [-0.39, 0.29) is 17.6 Å². The molecule has 2 aromatic rings. The molecule has 0 bridgehead atoms. The van der Waals surface area contributed by atoms with Crippen LogP contribution in [0.2, 0.25) is 0 Å². The van der Waals surface area contributed by atoms with Crippen molar-refractivity contribution in [3.8, 4) is 0 Å². The van der Waals surface area contributed by atoms with Gasteiger partial charge in [-0.1, -0.05) is 5.16 Å². The lowest BCUT2D eigenvalue weighted by Gasteiger charge is -1.98. The zero-order chi connectivity index (χ0) is 15.2. The Morgan fingerprint density at radius 1 is 1.48 bits per heavy atom. The van der Waals surface area contributed by atoms with Crippen LogP contribution in [0.15, 0.2) is 16.0 Å². The highest BCUT2D eigenvalue weighted by Gasteiger charge is 2.13. The van der Waals surface area contributed by atoms with Gasteiger partial charge in [0.15, 0.2) is 5.13 Å². The lowest BCUT2D eigenvalue weighted by Crippen LogP contribution is -2.10. The van der Waals surface area contributed by atoms with Gasteiger partial charge in [-0.25, -0.2) is 4.98 Å². The quantitative estimate of drug-likeness (QED) is 0.822. The van der Waals surface area contributed by atoms with E-state index in [1.165, 1.54) is 18.4 Å². The molecule has 0 saturated carbocycles. The zero-order valence-electron chi connectivity index (χ0n) is 11.7. The third kappa shape index (κ3) is 4.38. The van der Waals surface area contributed by atoms with Crippen LogP contribution < -0.4 is 5.32 Å². The van der Waals surface area contributed by atoms with Crippen LogP contribution in [0, 0.1) is 6.92 Å². The van der Waals surface area contributed by atoms with Crippen molar-refractivity contribution in [3.05, 3.63) is 28.6 Å². The molecule has 0 atom stereocenters. The molecule has 0 radical (unpaired) electrons. The second-order valence-corrected chi connectivity index (χ2v) is 5.22. The number of thiazole rings is 1. The van der Waals surface area contributed by atoms with Crippen molar-refractivity contribution in [2.24, 2.45) is 0 Å². The molecule has 21 heavy (non-hydrogen) atoms. The maximum atomic E-state index is 11.8. The second-order valence-electron chi connectivity index (χ2n) is 4.36. The monoisotopic (exact) mass is 309 g/mol. The highest BCUT2D eigenvalue weighted by Crippen LogP contribution is 2.18. The summed E-state index contributed by atoms with van der Waals surface area (Å²) in [5.74, 6) is -0.472. The predicted molar refractivity (Wildman–Crippen MR) is 76.3 cm³/mol.